The molecule has 17 heteroatoms. The largest absolute Gasteiger partial charge is 0.383 e. The van der Waals surface area contributed by atoms with E-state index in [1.165, 1.54) is 49.3 Å². The van der Waals surface area contributed by atoms with E-state index in [9.17, 15) is 4.39 Å². The second-order valence-electron chi connectivity index (χ2n) is 18.1. The molecule has 72 heavy (non-hydrogen) atoms. The Bertz CT molecular complexity index is 2750. The lowest BCUT2D eigenvalue weighted by molar-refractivity contribution is 0.416. The highest BCUT2D eigenvalue weighted by atomic mass is 32.2. The van der Waals surface area contributed by atoms with Crippen LogP contribution in [0.5, 0.6) is 0 Å². The maximum absolute atomic E-state index is 14.5. The van der Waals surface area contributed by atoms with Crippen LogP contribution in [0, 0.1) is 16.6 Å². The van der Waals surface area contributed by atoms with Gasteiger partial charge in [-0.25, -0.2) is 9.38 Å². The van der Waals surface area contributed by atoms with E-state index in [-0.39, 0.29) is 5.82 Å². The summed E-state index contributed by atoms with van der Waals surface area (Å²) in [6, 6.07) is 29.2. The Hall–Kier alpha value is -4.43. The molecule has 10 nitrogen and oxygen atoms in total. The van der Waals surface area contributed by atoms with Crippen LogP contribution < -0.4 is 31.1 Å². The Morgan fingerprint density at radius 3 is 1.99 bits per heavy atom. The van der Waals surface area contributed by atoms with Gasteiger partial charge in [0.1, 0.15) is 17.3 Å². The SMILES string of the molecule is C=C1CSc2cc(CC(=N)c3cccs3)ccc2N1CCN(C)C.CCNCCN1CCSc2cc(CC(=N)c3cccs3)ccc21.NC(=Nc1cc2c(cc1F)SCCN2C1CCNCC1)c1cccs1. The van der Waals surface area contributed by atoms with Crippen molar-refractivity contribution in [2.75, 3.05) is 105 Å². The highest BCUT2D eigenvalue weighted by Gasteiger charge is 2.28. The Balaban J connectivity index is 0.000000145. The summed E-state index contributed by atoms with van der Waals surface area (Å²) >= 11 is 10.3. The number of piperidine rings is 1. The van der Waals surface area contributed by atoms with E-state index in [4.69, 9.17) is 16.6 Å². The van der Waals surface area contributed by atoms with Gasteiger partial charge in [-0.3, -0.25) is 0 Å². The number of fused-ring (bicyclic) bond motifs is 3. The van der Waals surface area contributed by atoms with Crippen LogP contribution in [0.3, 0.4) is 0 Å². The van der Waals surface area contributed by atoms with Crippen LogP contribution in [0.1, 0.15) is 45.5 Å². The third-order valence-electron chi connectivity index (χ3n) is 12.7. The number of thioether (sulfide) groups is 3. The number of likely N-dealkylation sites (N-methyl/N-ethyl adjacent to an activating group) is 2. The Morgan fingerprint density at radius 1 is 0.778 bits per heavy atom. The number of amidine groups is 1. The van der Waals surface area contributed by atoms with Gasteiger partial charge in [0.15, 0.2) is 0 Å². The molecule has 0 bridgehead atoms. The Kier molecular flexibility index (Phi) is 20.0. The van der Waals surface area contributed by atoms with Gasteiger partial charge in [0.05, 0.1) is 33.4 Å². The van der Waals surface area contributed by atoms with Crippen molar-refractivity contribution in [3.05, 3.63) is 145 Å². The number of nitrogens with zero attached hydrogens (tertiary/aromatic N) is 5. The maximum Gasteiger partial charge on any atom is 0.150 e. The molecule has 1 saturated heterocycles. The molecule has 4 aliphatic rings. The molecule has 0 aliphatic carbocycles. The van der Waals surface area contributed by atoms with Gasteiger partial charge in [0.25, 0.3) is 0 Å². The third kappa shape index (κ3) is 14.4. The van der Waals surface area contributed by atoms with Crippen LogP contribution in [0.4, 0.5) is 27.1 Å². The lowest BCUT2D eigenvalue weighted by Crippen LogP contribution is -2.45. The molecular weight excluding hydrogens is 1010 g/mol. The van der Waals surface area contributed by atoms with Crippen LogP contribution in [0.25, 0.3) is 0 Å². The number of hydrogen-bond donors (Lipinski definition) is 5. The number of nitrogens with one attached hydrogen (secondary N) is 4. The quantitative estimate of drug-likeness (QED) is 0.0364. The summed E-state index contributed by atoms with van der Waals surface area (Å²) < 4.78 is 14.5. The first-order valence-electron chi connectivity index (χ1n) is 24.7. The molecule has 0 unspecified atom stereocenters. The predicted molar refractivity (Wildman–Crippen MR) is 315 cm³/mol. The monoisotopic (exact) mass is 1080 g/mol. The first-order chi connectivity index (χ1) is 35.0. The summed E-state index contributed by atoms with van der Waals surface area (Å²) in [6.07, 6.45) is 3.65. The normalized spacial score (nSPS) is 15.8. The topological polar surface area (TPSA) is 123 Å². The van der Waals surface area contributed by atoms with Gasteiger partial charge in [-0.1, -0.05) is 43.8 Å². The fourth-order valence-corrected chi connectivity index (χ4v) is 14.1. The Labute approximate surface area is 450 Å². The van der Waals surface area contributed by atoms with E-state index in [0.29, 0.717) is 41.8 Å². The van der Waals surface area contributed by atoms with E-state index in [0.717, 1.165) is 114 Å². The fourth-order valence-electron chi connectivity index (χ4n) is 8.97. The van der Waals surface area contributed by atoms with Crippen molar-refractivity contribution in [2.24, 2.45) is 10.7 Å². The van der Waals surface area contributed by atoms with Gasteiger partial charge in [0.2, 0.25) is 0 Å². The van der Waals surface area contributed by atoms with Gasteiger partial charge in [-0.05, 0) is 128 Å². The molecule has 380 valence electrons. The standard InChI is InChI=1S/C19H23N3S2.C18H21FN4S2.C18H23N3S2/c1-14-13-24-19-12-15(11-16(20)18-5-4-10-23-18)6-7-17(19)22(14)9-8-21(2)3;19-13-10-17-15(11-14(13)22-18(20)16-2-1-8-24-16)23(7-9-25-17)12-3-5-21-6-4-12;1-2-20-7-8-21-9-11-23-18-13-14(5-6-16(18)21)12-15(19)17-4-3-10-22-17/h4-7,10,12,20H,1,8-9,11,13H2,2-3H3;1-2,8,10-12,21H,3-7,9H2,(H2,20,22);3-6,10,13,19-20H,2,7-9,11-12H2,1H3. The summed E-state index contributed by atoms with van der Waals surface area (Å²) in [5.74, 6) is 3.14. The van der Waals surface area contributed by atoms with Gasteiger partial charge in [0, 0.05) is 106 Å². The van der Waals surface area contributed by atoms with Gasteiger partial charge < -0.3 is 46.8 Å². The molecule has 10 rings (SSSR count). The average Bonchev–Trinajstić information content (AvgIpc) is 4.23. The van der Waals surface area contributed by atoms with Crippen molar-refractivity contribution in [2.45, 2.75) is 53.3 Å². The van der Waals surface area contributed by atoms with Crippen molar-refractivity contribution < 1.29 is 4.39 Å². The Morgan fingerprint density at radius 2 is 1.38 bits per heavy atom. The highest BCUT2D eigenvalue weighted by molar-refractivity contribution is 8.00. The predicted octanol–water partition coefficient (Wildman–Crippen LogP) is 11.8. The second kappa shape index (κ2) is 26.7. The summed E-state index contributed by atoms with van der Waals surface area (Å²) in [6.45, 7) is 15.7. The number of aliphatic imine (C=N–C) groups is 1. The minimum absolute atomic E-state index is 0.307. The number of thiophene rings is 3. The minimum Gasteiger partial charge on any atom is -0.383 e. The molecular formula is C55H67FN10S6. The molecule has 3 aromatic carbocycles. The summed E-state index contributed by atoms with van der Waals surface area (Å²) in [7, 11) is 4.20. The van der Waals surface area contributed by atoms with Crippen LogP contribution >= 0.6 is 69.3 Å². The molecule has 0 radical (unpaired) electrons. The van der Waals surface area contributed by atoms with Gasteiger partial charge in [-0.2, -0.15) is 0 Å². The van der Waals surface area contributed by atoms with Crippen molar-refractivity contribution in [3.63, 3.8) is 0 Å². The maximum atomic E-state index is 14.5. The van der Waals surface area contributed by atoms with Gasteiger partial charge in [-0.15, -0.1) is 69.3 Å². The molecule has 6 aromatic rings. The number of benzene rings is 3. The number of nitrogens with two attached hydrogens (primary N) is 1. The van der Waals surface area contributed by atoms with E-state index >= 15 is 0 Å². The molecule has 7 heterocycles. The van der Waals surface area contributed by atoms with Crippen molar-refractivity contribution in [1.82, 2.24) is 15.5 Å². The zero-order chi connectivity index (χ0) is 50.4. The molecule has 0 atom stereocenters. The third-order valence-corrected chi connectivity index (χ3v) is 18.7. The van der Waals surface area contributed by atoms with Crippen LogP contribution in [-0.2, 0) is 12.8 Å². The zero-order valence-corrected chi connectivity index (χ0v) is 46.5. The second-order valence-corrected chi connectivity index (χ2v) is 24.3. The number of halogens is 1. The molecule has 0 amide bonds. The zero-order valence-electron chi connectivity index (χ0n) is 41.6. The molecule has 6 N–H and O–H groups in total. The first-order valence-corrected chi connectivity index (χ1v) is 30.3. The first kappa shape index (κ1) is 53.8. The fraction of sp³-hybridized carbons (Fsp3) is 0.364. The summed E-state index contributed by atoms with van der Waals surface area (Å²) in [5, 5.41) is 29.4. The van der Waals surface area contributed by atoms with Crippen LogP contribution in [-0.4, -0.2) is 118 Å². The van der Waals surface area contributed by atoms with Crippen molar-refractivity contribution in [3.8, 4) is 0 Å². The lowest BCUT2D eigenvalue weighted by atomic mass is 10.0. The van der Waals surface area contributed by atoms with Crippen molar-refractivity contribution in [1.29, 1.82) is 10.8 Å². The number of anilines is 3. The minimum atomic E-state index is -0.307. The molecule has 0 spiro atoms. The highest BCUT2D eigenvalue weighted by Crippen LogP contribution is 2.42. The van der Waals surface area contributed by atoms with Gasteiger partial charge >= 0.3 is 0 Å². The van der Waals surface area contributed by atoms with Crippen LogP contribution in [0.2, 0.25) is 0 Å². The smallest absolute Gasteiger partial charge is 0.150 e. The molecule has 4 aliphatic heterocycles. The summed E-state index contributed by atoms with van der Waals surface area (Å²) in [5.41, 5.74) is 15.1. The number of hydrogen-bond acceptors (Lipinski definition) is 15. The lowest BCUT2D eigenvalue weighted by Gasteiger charge is -2.39. The number of rotatable bonds is 16. The van der Waals surface area contributed by atoms with E-state index < -0.39 is 0 Å². The van der Waals surface area contributed by atoms with E-state index in [2.05, 4.69) is 99.2 Å². The van der Waals surface area contributed by atoms with Crippen LogP contribution in [0.15, 0.2) is 133 Å². The van der Waals surface area contributed by atoms with E-state index in [1.54, 1.807) is 40.5 Å². The molecule has 3 aromatic heterocycles. The molecule has 0 saturated carbocycles. The van der Waals surface area contributed by atoms with Crippen molar-refractivity contribution >= 4 is 109 Å². The average molecular weight is 1080 g/mol. The van der Waals surface area contributed by atoms with E-state index in [1.807, 2.05) is 82.1 Å². The molecule has 1 fully saturated rings. The summed E-state index contributed by atoms with van der Waals surface area (Å²) in [4.78, 5) is 20.5.